The molecule has 9 heteroatoms. The summed E-state index contributed by atoms with van der Waals surface area (Å²) in [4.78, 5) is 36.2. The number of imidazole rings is 1. The predicted molar refractivity (Wildman–Crippen MR) is 122 cm³/mol. The van der Waals surface area contributed by atoms with Crippen LogP contribution >= 0.6 is 0 Å². The number of amides is 2. The van der Waals surface area contributed by atoms with Gasteiger partial charge in [-0.25, -0.2) is 9.97 Å². The lowest BCUT2D eigenvalue weighted by Crippen LogP contribution is -2.51. The van der Waals surface area contributed by atoms with E-state index < -0.39 is 0 Å². The molecule has 0 saturated carbocycles. The zero-order valence-corrected chi connectivity index (χ0v) is 18.9. The minimum Gasteiger partial charge on any atom is -0.491 e. The van der Waals surface area contributed by atoms with Gasteiger partial charge in [0.15, 0.2) is 5.75 Å². The number of likely N-dealkylation sites (tertiary alicyclic amines) is 1. The van der Waals surface area contributed by atoms with Crippen molar-refractivity contribution < 1.29 is 19.1 Å². The average Bonchev–Trinajstić information content (AvgIpc) is 3.29. The highest BCUT2D eigenvalue weighted by Crippen LogP contribution is 2.30. The molecule has 0 radical (unpaired) electrons. The Morgan fingerprint density at radius 3 is 2.58 bits per heavy atom. The average molecular weight is 450 g/mol. The Morgan fingerprint density at radius 2 is 1.91 bits per heavy atom. The summed E-state index contributed by atoms with van der Waals surface area (Å²) in [6.07, 6.45) is 5.27. The fourth-order valence-corrected chi connectivity index (χ4v) is 4.20. The van der Waals surface area contributed by atoms with E-state index in [2.05, 4.69) is 15.3 Å². The van der Waals surface area contributed by atoms with Crippen LogP contribution in [0.5, 0.6) is 11.6 Å². The van der Waals surface area contributed by atoms with Crippen molar-refractivity contribution in [3.8, 4) is 11.6 Å². The molecule has 4 rings (SSSR count). The molecule has 33 heavy (non-hydrogen) atoms. The maximum atomic E-state index is 13.3. The number of rotatable bonds is 6. The van der Waals surface area contributed by atoms with Crippen LogP contribution in [0.15, 0.2) is 55.1 Å². The van der Waals surface area contributed by atoms with Crippen molar-refractivity contribution in [3.05, 3.63) is 71.9 Å². The van der Waals surface area contributed by atoms with Crippen LogP contribution in [0.3, 0.4) is 0 Å². The summed E-state index contributed by atoms with van der Waals surface area (Å²) >= 11 is 0. The predicted octanol–water partition coefficient (Wildman–Crippen LogP) is 2.26. The fourth-order valence-electron chi connectivity index (χ4n) is 4.20. The number of nitrogens with one attached hydrogen (secondary N) is 1. The van der Waals surface area contributed by atoms with Crippen LogP contribution in [0.1, 0.15) is 38.7 Å². The number of carbonyl (C=O) groups is 2. The Labute approximate surface area is 192 Å². The maximum Gasteiger partial charge on any atom is 0.269 e. The first-order valence-corrected chi connectivity index (χ1v) is 10.7. The smallest absolute Gasteiger partial charge is 0.269 e. The van der Waals surface area contributed by atoms with Gasteiger partial charge in [0.2, 0.25) is 0 Å². The molecule has 0 aliphatic carbocycles. The first-order valence-electron chi connectivity index (χ1n) is 10.7. The lowest BCUT2D eigenvalue weighted by Gasteiger charge is -2.39. The van der Waals surface area contributed by atoms with Crippen LogP contribution in [-0.2, 0) is 7.05 Å². The van der Waals surface area contributed by atoms with Crippen molar-refractivity contribution in [1.82, 2.24) is 24.8 Å². The molecule has 172 valence electrons. The van der Waals surface area contributed by atoms with Gasteiger partial charge in [0, 0.05) is 44.4 Å². The van der Waals surface area contributed by atoms with Gasteiger partial charge in [0.25, 0.3) is 17.7 Å². The highest BCUT2D eigenvalue weighted by molar-refractivity contribution is 5.95. The maximum absolute atomic E-state index is 13.3. The molecule has 1 aliphatic heterocycles. The molecular formula is C24H27N5O4. The number of piperidine rings is 1. The topological polar surface area (TPSA) is 98.6 Å². The Morgan fingerprint density at radius 1 is 1.12 bits per heavy atom. The van der Waals surface area contributed by atoms with Crippen molar-refractivity contribution in [2.24, 2.45) is 7.05 Å². The highest BCUT2D eigenvalue weighted by Gasteiger charge is 2.34. The van der Waals surface area contributed by atoms with Crippen molar-refractivity contribution in [2.75, 3.05) is 27.3 Å². The molecule has 1 saturated heterocycles. The molecule has 3 heterocycles. The second-order valence-electron chi connectivity index (χ2n) is 7.96. The number of pyridine rings is 1. The van der Waals surface area contributed by atoms with E-state index in [1.165, 1.54) is 20.4 Å². The van der Waals surface area contributed by atoms with E-state index in [9.17, 15) is 9.59 Å². The normalized spacial score (nSPS) is 18.0. The summed E-state index contributed by atoms with van der Waals surface area (Å²) in [6, 6.07) is 11.5. The molecule has 1 fully saturated rings. The van der Waals surface area contributed by atoms with Crippen LogP contribution < -0.4 is 14.8 Å². The van der Waals surface area contributed by atoms with Gasteiger partial charge in [-0.2, -0.15) is 0 Å². The first kappa shape index (κ1) is 22.3. The molecule has 2 atom stereocenters. The Balaban J connectivity index is 1.56. The molecule has 1 N–H and O–H groups in total. The van der Waals surface area contributed by atoms with Gasteiger partial charge in [-0.1, -0.05) is 30.3 Å². The lowest BCUT2D eigenvalue weighted by atomic mass is 9.85. The summed E-state index contributed by atoms with van der Waals surface area (Å²) in [7, 11) is 4.80. The van der Waals surface area contributed by atoms with Gasteiger partial charge in [-0.15, -0.1) is 0 Å². The van der Waals surface area contributed by atoms with E-state index in [1.54, 1.807) is 35.1 Å². The third-order valence-corrected chi connectivity index (χ3v) is 5.97. The molecule has 3 aromatic rings. The summed E-state index contributed by atoms with van der Waals surface area (Å²) in [5, 5.41) is 3.16. The molecule has 1 aliphatic rings. The van der Waals surface area contributed by atoms with E-state index in [-0.39, 0.29) is 23.8 Å². The van der Waals surface area contributed by atoms with Gasteiger partial charge >= 0.3 is 0 Å². The quantitative estimate of drug-likeness (QED) is 0.620. The summed E-state index contributed by atoms with van der Waals surface area (Å²) in [6.45, 7) is 0.973. The van der Waals surface area contributed by atoms with Crippen molar-refractivity contribution in [2.45, 2.75) is 18.4 Å². The molecule has 0 bridgehead atoms. The van der Waals surface area contributed by atoms with E-state index in [1.807, 2.05) is 30.3 Å². The number of carbonyl (C=O) groups excluding carboxylic acids is 2. The molecule has 2 amide bonds. The number of aryl methyl sites for hydroxylation is 1. The summed E-state index contributed by atoms with van der Waals surface area (Å²) < 4.78 is 12.2. The Hall–Kier alpha value is -3.88. The van der Waals surface area contributed by atoms with Crippen LogP contribution in [0.2, 0.25) is 0 Å². The number of benzene rings is 1. The molecule has 9 nitrogen and oxygen atoms in total. The first-order chi connectivity index (χ1) is 16.0. The van der Waals surface area contributed by atoms with Gasteiger partial charge in [-0.05, 0) is 12.0 Å². The zero-order valence-electron chi connectivity index (χ0n) is 18.9. The standard InChI is InChI=1S/C24H27N5O4/c1-28-15-25-13-20(28)22(30)27-19-9-10-29(14-18(19)16-7-5-4-6-8-16)24(31)17-11-21(32-2)23(33-3)26-12-17/h4-8,11-13,15,18-19H,9-10,14H2,1-3H3,(H,27,30)/t18-,19-/m1/s1. The molecule has 0 spiro atoms. The number of nitrogens with zero attached hydrogens (tertiary/aromatic N) is 4. The number of ether oxygens (including phenoxy) is 2. The van der Waals surface area contributed by atoms with E-state index in [0.717, 1.165) is 5.56 Å². The van der Waals surface area contributed by atoms with Crippen LogP contribution in [0.4, 0.5) is 0 Å². The second kappa shape index (κ2) is 9.72. The molecular weight excluding hydrogens is 422 g/mol. The largest absolute Gasteiger partial charge is 0.491 e. The van der Waals surface area contributed by atoms with E-state index in [4.69, 9.17) is 9.47 Å². The molecule has 0 unspecified atom stereocenters. The second-order valence-corrected chi connectivity index (χ2v) is 7.96. The van der Waals surface area contributed by atoms with Crippen LogP contribution in [0.25, 0.3) is 0 Å². The minimum absolute atomic E-state index is 0.0609. The number of hydrogen-bond donors (Lipinski definition) is 1. The third-order valence-electron chi connectivity index (χ3n) is 5.97. The van der Waals surface area contributed by atoms with Crippen LogP contribution in [0, 0.1) is 0 Å². The molecule has 2 aromatic heterocycles. The number of aromatic nitrogens is 3. The third kappa shape index (κ3) is 4.67. The fraction of sp³-hybridized carbons (Fsp3) is 0.333. The van der Waals surface area contributed by atoms with E-state index >= 15 is 0 Å². The van der Waals surface area contributed by atoms with E-state index in [0.29, 0.717) is 42.4 Å². The van der Waals surface area contributed by atoms with Gasteiger partial charge < -0.3 is 24.3 Å². The number of methoxy groups -OCH3 is 2. The number of hydrogen-bond acceptors (Lipinski definition) is 6. The van der Waals surface area contributed by atoms with Gasteiger partial charge in [-0.3, -0.25) is 9.59 Å². The van der Waals surface area contributed by atoms with Crippen LogP contribution in [-0.4, -0.2) is 64.6 Å². The van der Waals surface area contributed by atoms with Crippen molar-refractivity contribution >= 4 is 11.8 Å². The minimum atomic E-state index is -0.176. The summed E-state index contributed by atoms with van der Waals surface area (Å²) in [5.41, 5.74) is 1.99. The Kier molecular flexibility index (Phi) is 6.58. The van der Waals surface area contributed by atoms with Gasteiger partial charge in [0.05, 0.1) is 32.3 Å². The molecule has 1 aromatic carbocycles. The summed E-state index contributed by atoms with van der Waals surface area (Å²) in [5.74, 6) is 0.355. The lowest BCUT2D eigenvalue weighted by molar-refractivity contribution is 0.0670. The van der Waals surface area contributed by atoms with Gasteiger partial charge in [0.1, 0.15) is 5.69 Å². The SMILES string of the molecule is COc1cc(C(=O)N2CC[C@@H](NC(=O)c3cncn3C)[C@@H](c3ccccc3)C2)cnc1OC. The monoisotopic (exact) mass is 449 g/mol. The van der Waals surface area contributed by atoms with Crippen molar-refractivity contribution in [3.63, 3.8) is 0 Å². The highest BCUT2D eigenvalue weighted by atomic mass is 16.5. The Bertz CT molecular complexity index is 1130. The van der Waals surface area contributed by atoms with Crippen molar-refractivity contribution in [1.29, 1.82) is 0 Å². The zero-order chi connectivity index (χ0) is 23.4.